The van der Waals surface area contributed by atoms with E-state index in [1.807, 2.05) is 0 Å². The zero-order valence-corrected chi connectivity index (χ0v) is 10.1. The van der Waals surface area contributed by atoms with Gasteiger partial charge in [-0.1, -0.05) is 39.3 Å². The van der Waals surface area contributed by atoms with E-state index in [1.165, 1.54) is 25.7 Å². The molecule has 2 aliphatic rings. The molecule has 0 radical (unpaired) electrons. The molecular formula is C14H24. The molecule has 0 aromatic rings. The van der Waals surface area contributed by atoms with Gasteiger partial charge in [-0.3, -0.25) is 0 Å². The fourth-order valence-corrected chi connectivity index (χ4v) is 3.36. The van der Waals surface area contributed by atoms with Crippen molar-refractivity contribution in [2.45, 2.75) is 53.4 Å². The summed E-state index contributed by atoms with van der Waals surface area (Å²) in [4.78, 5) is 0. The highest BCUT2D eigenvalue weighted by atomic mass is 14.4. The standard InChI is InChI=1S/C14H24/c1-10-8-12-6-5-7-14(3,4)13(12)9-11(10)2/h8,10-11,13H,5-7,9H2,1-4H3. The minimum Gasteiger partial charge on any atom is -0.0819 e. The fourth-order valence-electron chi connectivity index (χ4n) is 3.36. The molecular weight excluding hydrogens is 168 g/mol. The summed E-state index contributed by atoms with van der Waals surface area (Å²) in [6.07, 6.45) is 8.23. The van der Waals surface area contributed by atoms with Gasteiger partial charge in [0.2, 0.25) is 0 Å². The van der Waals surface area contributed by atoms with Gasteiger partial charge in [0.1, 0.15) is 0 Å². The van der Waals surface area contributed by atoms with Gasteiger partial charge in [0.05, 0.1) is 0 Å². The number of allylic oxidation sites excluding steroid dienone is 2. The zero-order valence-electron chi connectivity index (χ0n) is 10.1. The summed E-state index contributed by atoms with van der Waals surface area (Å²) in [5, 5.41) is 0. The van der Waals surface area contributed by atoms with E-state index in [2.05, 4.69) is 33.8 Å². The van der Waals surface area contributed by atoms with Gasteiger partial charge in [-0.05, 0) is 48.9 Å². The maximum absolute atomic E-state index is 2.58. The second kappa shape index (κ2) is 3.40. The van der Waals surface area contributed by atoms with Crippen LogP contribution in [0.25, 0.3) is 0 Å². The number of hydrogen-bond donors (Lipinski definition) is 0. The predicted molar refractivity (Wildman–Crippen MR) is 62.2 cm³/mol. The summed E-state index contributed by atoms with van der Waals surface area (Å²) in [7, 11) is 0. The Kier molecular flexibility index (Phi) is 2.49. The minimum absolute atomic E-state index is 0.568. The molecule has 80 valence electrons. The van der Waals surface area contributed by atoms with E-state index >= 15 is 0 Å². The van der Waals surface area contributed by atoms with Crippen LogP contribution < -0.4 is 0 Å². The van der Waals surface area contributed by atoms with E-state index in [4.69, 9.17) is 0 Å². The smallest absolute Gasteiger partial charge is 0.0149 e. The number of fused-ring (bicyclic) bond motifs is 1. The van der Waals surface area contributed by atoms with E-state index in [0.29, 0.717) is 5.41 Å². The highest BCUT2D eigenvalue weighted by molar-refractivity contribution is 5.18. The Labute approximate surface area is 88.8 Å². The van der Waals surface area contributed by atoms with E-state index in [9.17, 15) is 0 Å². The second-order valence-electron chi connectivity index (χ2n) is 6.21. The minimum atomic E-state index is 0.568. The van der Waals surface area contributed by atoms with E-state index in [0.717, 1.165) is 17.8 Å². The Morgan fingerprint density at radius 3 is 2.71 bits per heavy atom. The van der Waals surface area contributed by atoms with Crippen LogP contribution in [-0.2, 0) is 0 Å². The first kappa shape index (κ1) is 10.3. The molecule has 0 saturated heterocycles. The Balaban J connectivity index is 2.26. The first-order valence-corrected chi connectivity index (χ1v) is 6.21. The third-order valence-corrected chi connectivity index (χ3v) is 4.66. The van der Waals surface area contributed by atoms with Gasteiger partial charge >= 0.3 is 0 Å². The first-order chi connectivity index (χ1) is 6.50. The third kappa shape index (κ3) is 1.64. The monoisotopic (exact) mass is 192 g/mol. The summed E-state index contributed by atoms with van der Waals surface area (Å²) in [6.45, 7) is 9.73. The van der Waals surface area contributed by atoms with Crippen LogP contribution in [-0.4, -0.2) is 0 Å². The van der Waals surface area contributed by atoms with Crippen LogP contribution in [0.1, 0.15) is 53.4 Å². The van der Waals surface area contributed by atoms with Crippen molar-refractivity contribution in [1.29, 1.82) is 0 Å². The molecule has 14 heavy (non-hydrogen) atoms. The maximum Gasteiger partial charge on any atom is -0.0149 e. The predicted octanol–water partition coefficient (Wildman–Crippen LogP) is 4.42. The molecule has 1 saturated carbocycles. The quantitative estimate of drug-likeness (QED) is 0.499. The van der Waals surface area contributed by atoms with Gasteiger partial charge in [0.15, 0.2) is 0 Å². The molecule has 2 rings (SSSR count). The first-order valence-electron chi connectivity index (χ1n) is 6.21. The molecule has 0 N–H and O–H groups in total. The van der Waals surface area contributed by atoms with Crippen molar-refractivity contribution in [3.05, 3.63) is 11.6 Å². The second-order valence-corrected chi connectivity index (χ2v) is 6.21. The van der Waals surface area contributed by atoms with Crippen LogP contribution in [0.4, 0.5) is 0 Å². The Hall–Kier alpha value is -0.260. The van der Waals surface area contributed by atoms with Gasteiger partial charge in [-0.15, -0.1) is 0 Å². The van der Waals surface area contributed by atoms with Crippen molar-refractivity contribution in [3.8, 4) is 0 Å². The van der Waals surface area contributed by atoms with Crippen LogP contribution >= 0.6 is 0 Å². The lowest BCUT2D eigenvalue weighted by molar-refractivity contribution is 0.140. The SMILES string of the molecule is CC1C=C2CCCC(C)(C)C2CC1C. The Bertz CT molecular complexity index is 247. The molecule has 3 unspecified atom stereocenters. The molecule has 0 heteroatoms. The molecule has 0 spiro atoms. The summed E-state index contributed by atoms with van der Waals surface area (Å²) in [5.41, 5.74) is 2.35. The van der Waals surface area contributed by atoms with Gasteiger partial charge < -0.3 is 0 Å². The van der Waals surface area contributed by atoms with Gasteiger partial charge in [-0.25, -0.2) is 0 Å². The fraction of sp³-hybridized carbons (Fsp3) is 0.857. The number of hydrogen-bond acceptors (Lipinski definition) is 0. The maximum atomic E-state index is 2.58. The van der Waals surface area contributed by atoms with Gasteiger partial charge in [-0.2, -0.15) is 0 Å². The Morgan fingerprint density at radius 1 is 1.29 bits per heavy atom. The van der Waals surface area contributed by atoms with Crippen LogP contribution in [0.15, 0.2) is 11.6 Å². The topological polar surface area (TPSA) is 0 Å². The molecule has 0 bridgehead atoms. The van der Waals surface area contributed by atoms with Crippen molar-refractivity contribution in [1.82, 2.24) is 0 Å². The molecule has 0 amide bonds. The van der Waals surface area contributed by atoms with E-state index in [1.54, 1.807) is 5.57 Å². The highest BCUT2D eigenvalue weighted by Crippen LogP contribution is 2.50. The molecule has 3 atom stereocenters. The molecule has 0 heterocycles. The van der Waals surface area contributed by atoms with Crippen LogP contribution in [0.3, 0.4) is 0 Å². The Morgan fingerprint density at radius 2 is 2.00 bits per heavy atom. The van der Waals surface area contributed by atoms with E-state index in [-0.39, 0.29) is 0 Å². The summed E-state index contributed by atoms with van der Waals surface area (Å²) in [5.74, 6) is 2.60. The highest BCUT2D eigenvalue weighted by Gasteiger charge is 2.38. The van der Waals surface area contributed by atoms with Crippen molar-refractivity contribution < 1.29 is 0 Å². The van der Waals surface area contributed by atoms with Crippen LogP contribution in [0.5, 0.6) is 0 Å². The average Bonchev–Trinajstić information content (AvgIpc) is 2.08. The van der Waals surface area contributed by atoms with Crippen molar-refractivity contribution in [2.75, 3.05) is 0 Å². The average molecular weight is 192 g/mol. The molecule has 1 fully saturated rings. The van der Waals surface area contributed by atoms with Crippen LogP contribution in [0, 0.1) is 23.2 Å². The largest absolute Gasteiger partial charge is 0.0819 e. The molecule has 0 aromatic carbocycles. The van der Waals surface area contributed by atoms with E-state index < -0.39 is 0 Å². The van der Waals surface area contributed by atoms with Crippen molar-refractivity contribution >= 4 is 0 Å². The molecule has 0 aliphatic heterocycles. The van der Waals surface area contributed by atoms with Gasteiger partial charge in [0.25, 0.3) is 0 Å². The van der Waals surface area contributed by atoms with Gasteiger partial charge in [0, 0.05) is 0 Å². The number of rotatable bonds is 0. The summed E-state index contributed by atoms with van der Waals surface area (Å²) in [6, 6.07) is 0. The molecule has 0 aromatic heterocycles. The normalized spacial score (nSPS) is 41.4. The van der Waals surface area contributed by atoms with Crippen LogP contribution in [0.2, 0.25) is 0 Å². The summed E-state index contributed by atoms with van der Waals surface area (Å²) >= 11 is 0. The lowest BCUT2D eigenvalue weighted by Gasteiger charge is -2.45. The lowest BCUT2D eigenvalue weighted by atomic mass is 9.60. The summed E-state index contributed by atoms with van der Waals surface area (Å²) < 4.78 is 0. The molecule has 2 aliphatic carbocycles. The molecule has 0 nitrogen and oxygen atoms in total. The zero-order chi connectivity index (χ0) is 10.3. The third-order valence-electron chi connectivity index (χ3n) is 4.66. The lowest BCUT2D eigenvalue weighted by Crippen LogP contribution is -2.34. The van der Waals surface area contributed by atoms with Crippen molar-refractivity contribution in [3.63, 3.8) is 0 Å². The van der Waals surface area contributed by atoms with Crippen molar-refractivity contribution in [2.24, 2.45) is 23.2 Å².